The molecular weight excluding hydrogens is 440 g/mol. The van der Waals surface area contributed by atoms with Crippen molar-refractivity contribution in [2.75, 3.05) is 19.7 Å². The molecule has 170 valence electrons. The number of fused-ring (bicyclic) bond motifs is 2. The summed E-state index contributed by atoms with van der Waals surface area (Å²) in [6.45, 7) is 4.40. The second-order valence-corrected chi connectivity index (χ2v) is 8.68. The number of rotatable bonds is 5. The van der Waals surface area contributed by atoms with E-state index in [1.807, 2.05) is 31.2 Å². The van der Waals surface area contributed by atoms with E-state index in [1.165, 1.54) is 5.56 Å². The third-order valence-corrected chi connectivity index (χ3v) is 6.37. The Bertz CT molecular complexity index is 1410. The molecule has 9 heteroatoms. The van der Waals surface area contributed by atoms with Gasteiger partial charge in [-0.25, -0.2) is 9.67 Å². The lowest BCUT2D eigenvalue weighted by molar-refractivity contribution is 0.184. The lowest BCUT2D eigenvalue weighted by Crippen LogP contribution is -2.33. The van der Waals surface area contributed by atoms with Gasteiger partial charge in [0.2, 0.25) is 0 Å². The molecule has 0 saturated carbocycles. The lowest BCUT2D eigenvalue weighted by Gasteiger charge is -2.28. The number of aliphatic hydroxyl groups excluding tert-OH is 1. The summed E-state index contributed by atoms with van der Waals surface area (Å²) < 4.78 is 3.20. The first kappa shape index (κ1) is 21.8. The van der Waals surface area contributed by atoms with Gasteiger partial charge in [0.15, 0.2) is 5.52 Å². The second-order valence-electron chi connectivity index (χ2n) is 8.24. The van der Waals surface area contributed by atoms with Crippen LogP contribution in [-0.4, -0.2) is 49.0 Å². The van der Waals surface area contributed by atoms with Gasteiger partial charge in [-0.3, -0.25) is 14.3 Å². The molecule has 0 unspecified atom stereocenters. The maximum absolute atomic E-state index is 13.8. The number of aromatic nitrogens is 4. The van der Waals surface area contributed by atoms with Gasteiger partial charge in [-0.1, -0.05) is 23.7 Å². The maximum atomic E-state index is 13.8. The molecule has 0 saturated heterocycles. The molecule has 4 aromatic rings. The van der Waals surface area contributed by atoms with Crippen LogP contribution in [0.1, 0.15) is 22.6 Å². The van der Waals surface area contributed by atoms with Crippen molar-refractivity contribution in [2.45, 2.75) is 26.4 Å². The number of aryl methyl sites for hydroxylation is 1. The number of nitrogens with two attached hydrogens (primary N) is 1. The van der Waals surface area contributed by atoms with E-state index >= 15 is 0 Å². The summed E-state index contributed by atoms with van der Waals surface area (Å²) in [7, 11) is 0. The Labute approximate surface area is 195 Å². The molecule has 1 aliphatic rings. The highest BCUT2D eigenvalue weighted by atomic mass is 35.5. The summed E-state index contributed by atoms with van der Waals surface area (Å²) in [5, 5.41) is 14.4. The SMILES string of the molecule is Cc1nc2c(CN)nn(-c3cccc(Cl)c3)c2c(=O)n1-c1ccc2c(c1)CN(CCO)CC2. The standard InChI is InChI=1S/C24H25ClN6O2/c1-15-27-22-21(13-26)28-31(20-4-2-3-18(25)12-20)23(22)24(33)30(15)19-6-5-16-7-8-29(9-10-32)14-17(16)11-19/h2-6,11-12,32H,7-10,13-14,26H2,1H3. The quantitative estimate of drug-likeness (QED) is 0.470. The molecule has 0 bridgehead atoms. The average Bonchev–Trinajstić information content (AvgIpc) is 3.18. The summed E-state index contributed by atoms with van der Waals surface area (Å²) in [6.07, 6.45) is 0.919. The third kappa shape index (κ3) is 3.85. The van der Waals surface area contributed by atoms with Crippen molar-refractivity contribution in [3.05, 3.63) is 80.5 Å². The zero-order valence-electron chi connectivity index (χ0n) is 18.3. The monoisotopic (exact) mass is 464 g/mol. The first-order chi connectivity index (χ1) is 16.0. The molecule has 0 fully saturated rings. The summed E-state index contributed by atoms with van der Waals surface area (Å²) in [5.74, 6) is 0.566. The van der Waals surface area contributed by atoms with Crippen molar-refractivity contribution in [1.82, 2.24) is 24.2 Å². The molecular formula is C24H25ClN6O2. The van der Waals surface area contributed by atoms with E-state index < -0.39 is 0 Å². The second kappa shape index (κ2) is 8.72. The predicted molar refractivity (Wildman–Crippen MR) is 128 cm³/mol. The number of β-amino-alcohol motifs (C(OH)–C–C–N with tert-alkyl or cyclic N) is 1. The van der Waals surface area contributed by atoms with Gasteiger partial charge in [0.05, 0.1) is 18.0 Å². The number of hydrogen-bond donors (Lipinski definition) is 2. The van der Waals surface area contributed by atoms with Gasteiger partial charge in [-0.2, -0.15) is 5.10 Å². The number of hydrogen-bond acceptors (Lipinski definition) is 6. The third-order valence-electron chi connectivity index (χ3n) is 6.13. The van der Waals surface area contributed by atoms with Gasteiger partial charge in [0.25, 0.3) is 5.56 Å². The van der Waals surface area contributed by atoms with Gasteiger partial charge < -0.3 is 10.8 Å². The molecule has 0 amide bonds. The van der Waals surface area contributed by atoms with Crippen LogP contribution in [0, 0.1) is 6.92 Å². The molecule has 2 aromatic carbocycles. The van der Waals surface area contributed by atoms with E-state index in [4.69, 9.17) is 22.3 Å². The van der Waals surface area contributed by atoms with E-state index in [1.54, 1.807) is 21.4 Å². The first-order valence-electron chi connectivity index (χ1n) is 10.9. The number of halogens is 1. The fourth-order valence-electron chi connectivity index (χ4n) is 4.54. The largest absolute Gasteiger partial charge is 0.395 e. The fraction of sp³-hybridized carbons (Fsp3) is 0.292. The summed E-state index contributed by atoms with van der Waals surface area (Å²) >= 11 is 6.20. The van der Waals surface area contributed by atoms with Crippen molar-refractivity contribution >= 4 is 22.6 Å². The highest BCUT2D eigenvalue weighted by Gasteiger charge is 2.22. The molecule has 1 aliphatic heterocycles. The Balaban J connectivity index is 1.70. The number of benzene rings is 2. The lowest BCUT2D eigenvalue weighted by atomic mass is 9.99. The molecule has 33 heavy (non-hydrogen) atoms. The molecule has 3 N–H and O–H groups in total. The van der Waals surface area contributed by atoms with E-state index in [0.29, 0.717) is 39.8 Å². The molecule has 8 nitrogen and oxygen atoms in total. The Kier molecular flexibility index (Phi) is 5.76. The predicted octanol–water partition coefficient (Wildman–Crippen LogP) is 2.34. The molecule has 5 rings (SSSR count). The smallest absolute Gasteiger partial charge is 0.284 e. The Morgan fingerprint density at radius 1 is 1.15 bits per heavy atom. The van der Waals surface area contributed by atoms with Crippen LogP contribution < -0.4 is 11.3 Å². The maximum Gasteiger partial charge on any atom is 0.284 e. The zero-order chi connectivity index (χ0) is 23.1. The van der Waals surface area contributed by atoms with Crippen molar-refractivity contribution in [3.63, 3.8) is 0 Å². The highest BCUT2D eigenvalue weighted by Crippen LogP contribution is 2.24. The van der Waals surface area contributed by atoms with Crippen LogP contribution in [0.4, 0.5) is 0 Å². The van der Waals surface area contributed by atoms with Crippen molar-refractivity contribution in [1.29, 1.82) is 0 Å². The molecule has 0 radical (unpaired) electrons. The van der Waals surface area contributed by atoms with Crippen LogP contribution in [0.3, 0.4) is 0 Å². The van der Waals surface area contributed by atoms with Gasteiger partial charge in [0, 0.05) is 31.2 Å². The summed E-state index contributed by atoms with van der Waals surface area (Å²) in [5.41, 5.74) is 11.0. The van der Waals surface area contributed by atoms with Crippen LogP contribution in [0.2, 0.25) is 5.02 Å². The molecule has 0 aliphatic carbocycles. The molecule has 2 aromatic heterocycles. The fourth-order valence-corrected chi connectivity index (χ4v) is 4.72. The van der Waals surface area contributed by atoms with Gasteiger partial charge in [-0.05, 0) is 54.8 Å². The van der Waals surface area contributed by atoms with E-state index in [-0.39, 0.29) is 18.7 Å². The van der Waals surface area contributed by atoms with Gasteiger partial charge in [0.1, 0.15) is 17.0 Å². The van der Waals surface area contributed by atoms with Crippen LogP contribution >= 0.6 is 11.6 Å². The van der Waals surface area contributed by atoms with Crippen LogP contribution in [0.25, 0.3) is 22.4 Å². The topological polar surface area (TPSA) is 102 Å². The minimum atomic E-state index is -0.215. The van der Waals surface area contributed by atoms with E-state index in [0.717, 1.165) is 30.8 Å². The summed E-state index contributed by atoms with van der Waals surface area (Å²) in [4.78, 5) is 20.8. The summed E-state index contributed by atoms with van der Waals surface area (Å²) in [6, 6.07) is 13.3. The normalized spacial score (nSPS) is 14.1. The van der Waals surface area contributed by atoms with Crippen LogP contribution in [-0.2, 0) is 19.5 Å². The van der Waals surface area contributed by atoms with E-state index in [2.05, 4.69) is 16.1 Å². The van der Waals surface area contributed by atoms with Crippen molar-refractivity contribution < 1.29 is 5.11 Å². The number of nitrogens with zero attached hydrogens (tertiary/aromatic N) is 5. The highest BCUT2D eigenvalue weighted by molar-refractivity contribution is 6.30. The Morgan fingerprint density at radius 2 is 2.00 bits per heavy atom. The molecule has 3 heterocycles. The zero-order valence-corrected chi connectivity index (χ0v) is 19.1. The molecule has 0 atom stereocenters. The van der Waals surface area contributed by atoms with Crippen molar-refractivity contribution in [2.24, 2.45) is 5.73 Å². The minimum Gasteiger partial charge on any atom is -0.395 e. The average molecular weight is 465 g/mol. The van der Waals surface area contributed by atoms with Gasteiger partial charge in [-0.15, -0.1) is 0 Å². The van der Waals surface area contributed by atoms with Crippen molar-refractivity contribution in [3.8, 4) is 11.4 Å². The van der Waals surface area contributed by atoms with E-state index in [9.17, 15) is 9.90 Å². The first-order valence-corrected chi connectivity index (χ1v) is 11.3. The number of aliphatic hydroxyl groups is 1. The van der Waals surface area contributed by atoms with Gasteiger partial charge >= 0.3 is 0 Å². The minimum absolute atomic E-state index is 0.130. The molecule has 0 spiro atoms. The van der Waals surface area contributed by atoms with Crippen LogP contribution in [0.15, 0.2) is 47.3 Å². The Morgan fingerprint density at radius 3 is 2.76 bits per heavy atom. The van der Waals surface area contributed by atoms with Crippen LogP contribution in [0.5, 0.6) is 0 Å². The Hall–Kier alpha value is -3.04.